The van der Waals surface area contributed by atoms with Gasteiger partial charge < -0.3 is 9.64 Å². The highest BCUT2D eigenvalue weighted by Gasteiger charge is 2.22. The molecule has 21 heavy (non-hydrogen) atoms. The number of hydrogen-bond acceptors (Lipinski definition) is 4. The van der Waals surface area contributed by atoms with Crippen molar-refractivity contribution in [3.63, 3.8) is 0 Å². The number of halogens is 1. The number of nitriles is 1. The molecule has 1 heterocycles. The lowest BCUT2D eigenvalue weighted by Crippen LogP contribution is -2.38. The topological polar surface area (TPSA) is 53.3 Å². The van der Waals surface area contributed by atoms with E-state index >= 15 is 0 Å². The zero-order chi connectivity index (χ0) is 15.2. The summed E-state index contributed by atoms with van der Waals surface area (Å²) in [5, 5.41) is 8.94. The van der Waals surface area contributed by atoms with Crippen LogP contribution in [-0.4, -0.2) is 25.7 Å². The van der Waals surface area contributed by atoms with Gasteiger partial charge in [-0.25, -0.2) is 4.79 Å². The molecule has 1 saturated heterocycles. The molecular formula is C16H17BrN2O2. The first-order valence-electron chi connectivity index (χ1n) is 6.88. The Morgan fingerprint density at radius 3 is 3.00 bits per heavy atom. The normalized spacial score (nSPS) is 18.5. The number of hydrogen-bond donors (Lipinski definition) is 0. The Labute approximate surface area is 133 Å². The molecule has 1 aliphatic rings. The van der Waals surface area contributed by atoms with Gasteiger partial charge in [-0.3, -0.25) is 0 Å². The largest absolute Gasteiger partial charge is 0.466 e. The summed E-state index contributed by atoms with van der Waals surface area (Å²) >= 11 is 3.54. The van der Waals surface area contributed by atoms with E-state index in [1.54, 1.807) is 0 Å². The molecule has 2 rings (SSSR count). The molecule has 4 nitrogen and oxygen atoms in total. The molecule has 0 aliphatic carbocycles. The van der Waals surface area contributed by atoms with Crippen LogP contribution in [0.2, 0.25) is 0 Å². The van der Waals surface area contributed by atoms with E-state index in [9.17, 15) is 4.79 Å². The fourth-order valence-corrected chi connectivity index (χ4v) is 3.13. The number of methoxy groups -OCH3 is 1. The summed E-state index contributed by atoms with van der Waals surface area (Å²) in [7, 11) is 1.38. The number of nitrogens with zero attached hydrogens (tertiary/aromatic N) is 2. The Hall–Kier alpha value is -1.80. The summed E-state index contributed by atoms with van der Waals surface area (Å²) in [6.07, 6.45) is 6.64. The van der Waals surface area contributed by atoms with Gasteiger partial charge in [-0.15, -0.1) is 0 Å². The first-order chi connectivity index (χ1) is 10.2. The van der Waals surface area contributed by atoms with Gasteiger partial charge in [-0.1, -0.05) is 6.08 Å². The lowest BCUT2D eigenvalue weighted by molar-refractivity contribution is -0.134. The van der Waals surface area contributed by atoms with Gasteiger partial charge in [0.2, 0.25) is 0 Å². The molecule has 0 amide bonds. The van der Waals surface area contributed by atoms with Gasteiger partial charge in [0.05, 0.1) is 24.4 Å². The monoisotopic (exact) mass is 348 g/mol. The van der Waals surface area contributed by atoms with E-state index in [0.717, 1.165) is 36.0 Å². The first kappa shape index (κ1) is 15.6. The second-order valence-corrected chi connectivity index (χ2v) is 5.77. The number of ether oxygens (including phenoxy) is 1. The Kier molecular flexibility index (Phi) is 5.40. The van der Waals surface area contributed by atoms with E-state index < -0.39 is 0 Å². The predicted octanol–water partition coefficient (Wildman–Crippen LogP) is 3.41. The Morgan fingerprint density at radius 1 is 1.52 bits per heavy atom. The van der Waals surface area contributed by atoms with Gasteiger partial charge in [0.1, 0.15) is 0 Å². The van der Waals surface area contributed by atoms with E-state index in [2.05, 4.69) is 31.6 Å². The fraction of sp³-hybridized carbons (Fsp3) is 0.375. The summed E-state index contributed by atoms with van der Waals surface area (Å²) in [5.41, 5.74) is 1.68. The molecule has 0 N–H and O–H groups in total. The molecule has 0 aromatic heterocycles. The number of carbonyl (C=O) groups excluding carboxylic acids is 1. The van der Waals surface area contributed by atoms with Gasteiger partial charge in [0.25, 0.3) is 0 Å². The molecule has 0 bridgehead atoms. The number of carbonyl (C=O) groups is 1. The van der Waals surface area contributed by atoms with E-state index in [1.807, 2.05) is 24.3 Å². The van der Waals surface area contributed by atoms with Crippen molar-refractivity contribution in [2.75, 3.05) is 18.6 Å². The maximum Gasteiger partial charge on any atom is 0.330 e. The zero-order valence-electron chi connectivity index (χ0n) is 11.9. The Morgan fingerprint density at radius 2 is 2.33 bits per heavy atom. The molecule has 0 saturated carbocycles. The summed E-state index contributed by atoms with van der Waals surface area (Å²) in [6, 6.07) is 7.89. The molecule has 110 valence electrons. The van der Waals surface area contributed by atoms with Crippen LogP contribution in [0.25, 0.3) is 0 Å². The van der Waals surface area contributed by atoms with Gasteiger partial charge in [-0.2, -0.15) is 5.26 Å². The SMILES string of the molecule is COC(=O)/C=C/C1CCCCN1c1ccc(C#N)cc1Br. The van der Waals surface area contributed by atoms with Crippen molar-refractivity contribution in [2.45, 2.75) is 25.3 Å². The van der Waals surface area contributed by atoms with Gasteiger partial charge in [-0.05, 0) is 53.4 Å². The molecule has 0 radical (unpaired) electrons. The van der Waals surface area contributed by atoms with Crippen molar-refractivity contribution in [2.24, 2.45) is 0 Å². The van der Waals surface area contributed by atoms with Crippen molar-refractivity contribution in [1.82, 2.24) is 0 Å². The summed E-state index contributed by atoms with van der Waals surface area (Å²) in [6.45, 7) is 0.931. The quantitative estimate of drug-likeness (QED) is 0.620. The van der Waals surface area contributed by atoms with Crippen LogP contribution >= 0.6 is 15.9 Å². The van der Waals surface area contributed by atoms with Crippen LogP contribution in [0.3, 0.4) is 0 Å². The number of anilines is 1. The predicted molar refractivity (Wildman–Crippen MR) is 85.0 cm³/mol. The highest BCUT2D eigenvalue weighted by molar-refractivity contribution is 9.10. The van der Waals surface area contributed by atoms with Crippen molar-refractivity contribution in [3.8, 4) is 6.07 Å². The summed E-state index contributed by atoms with van der Waals surface area (Å²) < 4.78 is 5.55. The fourth-order valence-electron chi connectivity index (χ4n) is 2.52. The lowest BCUT2D eigenvalue weighted by atomic mass is 10.0. The highest BCUT2D eigenvalue weighted by Crippen LogP contribution is 2.32. The number of esters is 1. The maximum atomic E-state index is 11.3. The van der Waals surface area contributed by atoms with Gasteiger partial charge in [0, 0.05) is 23.1 Å². The molecule has 1 atom stereocenters. The molecule has 1 aromatic rings. The molecule has 1 aliphatic heterocycles. The van der Waals surface area contributed by atoms with Crippen LogP contribution in [0.5, 0.6) is 0 Å². The second-order valence-electron chi connectivity index (χ2n) is 4.92. The Balaban J connectivity index is 2.24. The van der Waals surface area contributed by atoms with Crippen LogP contribution in [0.4, 0.5) is 5.69 Å². The second kappa shape index (κ2) is 7.28. The summed E-state index contributed by atoms with van der Waals surface area (Å²) in [4.78, 5) is 13.5. The minimum atomic E-state index is -0.334. The standard InChI is InChI=1S/C16H17BrN2O2/c1-21-16(20)8-6-13-4-2-3-9-19(13)15-7-5-12(11-18)10-14(15)17/h5-8,10,13H,2-4,9H2,1H3/b8-6+. The molecule has 1 unspecified atom stereocenters. The van der Waals surface area contributed by atoms with E-state index in [-0.39, 0.29) is 12.0 Å². The first-order valence-corrected chi connectivity index (χ1v) is 7.67. The zero-order valence-corrected chi connectivity index (χ0v) is 13.5. The molecular weight excluding hydrogens is 332 g/mol. The highest BCUT2D eigenvalue weighted by atomic mass is 79.9. The van der Waals surface area contributed by atoms with Gasteiger partial charge in [0.15, 0.2) is 0 Å². The molecule has 1 fully saturated rings. The van der Waals surface area contributed by atoms with E-state index in [1.165, 1.54) is 13.2 Å². The minimum absolute atomic E-state index is 0.169. The minimum Gasteiger partial charge on any atom is -0.466 e. The summed E-state index contributed by atoms with van der Waals surface area (Å²) in [5.74, 6) is -0.334. The molecule has 0 spiro atoms. The van der Waals surface area contributed by atoms with E-state index in [0.29, 0.717) is 5.56 Å². The molecule has 5 heteroatoms. The third-order valence-electron chi connectivity index (χ3n) is 3.59. The number of benzene rings is 1. The van der Waals surface area contributed by atoms with Crippen LogP contribution in [0.15, 0.2) is 34.8 Å². The van der Waals surface area contributed by atoms with Crippen LogP contribution in [0.1, 0.15) is 24.8 Å². The van der Waals surface area contributed by atoms with Crippen LogP contribution in [0, 0.1) is 11.3 Å². The van der Waals surface area contributed by atoms with Crippen molar-refractivity contribution in [1.29, 1.82) is 5.26 Å². The number of piperidine rings is 1. The van der Waals surface area contributed by atoms with Gasteiger partial charge >= 0.3 is 5.97 Å². The third kappa shape index (κ3) is 3.85. The van der Waals surface area contributed by atoms with Crippen molar-refractivity contribution < 1.29 is 9.53 Å². The van der Waals surface area contributed by atoms with Crippen molar-refractivity contribution in [3.05, 3.63) is 40.4 Å². The smallest absolute Gasteiger partial charge is 0.330 e. The maximum absolute atomic E-state index is 11.3. The third-order valence-corrected chi connectivity index (χ3v) is 4.23. The number of rotatable bonds is 3. The average molecular weight is 349 g/mol. The average Bonchev–Trinajstić information content (AvgIpc) is 2.52. The Bertz CT molecular complexity index is 592. The van der Waals surface area contributed by atoms with Crippen LogP contribution < -0.4 is 4.90 Å². The molecule has 1 aromatic carbocycles. The van der Waals surface area contributed by atoms with E-state index in [4.69, 9.17) is 5.26 Å². The lowest BCUT2D eigenvalue weighted by Gasteiger charge is -2.36. The van der Waals surface area contributed by atoms with Crippen molar-refractivity contribution >= 4 is 27.6 Å². The van der Waals surface area contributed by atoms with Crippen LogP contribution in [-0.2, 0) is 9.53 Å².